The van der Waals surface area contributed by atoms with E-state index >= 15 is 0 Å². The van der Waals surface area contributed by atoms with E-state index in [2.05, 4.69) is 38.5 Å². The molecule has 0 aliphatic heterocycles. The number of aromatic nitrogens is 3. The summed E-state index contributed by atoms with van der Waals surface area (Å²) in [4.78, 5) is 25.7. The van der Waals surface area contributed by atoms with Crippen molar-refractivity contribution >= 4 is 11.7 Å². The van der Waals surface area contributed by atoms with Crippen molar-refractivity contribution in [2.24, 2.45) is 17.3 Å². The number of amides is 1. The zero-order valence-electron chi connectivity index (χ0n) is 16.1. The van der Waals surface area contributed by atoms with E-state index in [1.165, 1.54) is 0 Å². The van der Waals surface area contributed by atoms with E-state index in [-0.39, 0.29) is 23.2 Å². The van der Waals surface area contributed by atoms with Gasteiger partial charge >= 0.3 is 0 Å². The molecule has 1 saturated carbocycles. The van der Waals surface area contributed by atoms with Gasteiger partial charge in [-0.25, -0.2) is 15.0 Å². The molecule has 0 spiro atoms. The van der Waals surface area contributed by atoms with Crippen molar-refractivity contribution in [3.63, 3.8) is 0 Å². The van der Waals surface area contributed by atoms with Crippen molar-refractivity contribution in [1.82, 2.24) is 15.0 Å². The van der Waals surface area contributed by atoms with Crippen molar-refractivity contribution in [2.75, 3.05) is 11.9 Å². The van der Waals surface area contributed by atoms with Crippen LogP contribution in [-0.2, 0) is 4.79 Å². The van der Waals surface area contributed by atoms with Crippen LogP contribution in [0.3, 0.4) is 0 Å². The zero-order valence-corrected chi connectivity index (χ0v) is 16.1. The van der Waals surface area contributed by atoms with Crippen LogP contribution in [-0.4, -0.2) is 27.5 Å². The monoisotopic (exact) mass is 376 g/mol. The van der Waals surface area contributed by atoms with Gasteiger partial charge in [0.05, 0.1) is 18.5 Å². The Morgan fingerprint density at radius 3 is 2.89 bits per heavy atom. The normalized spacial score (nSPS) is 25.4. The average molecular weight is 376 g/mol. The first-order valence-corrected chi connectivity index (χ1v) is 9.57. The van der Waals surface area contributed by atoms with Crippen LogP contribution in [0.2, 0.25) is 0 Å². The summed E-state index contributed by atoms with van der Waals surface area (Å²) in [5, 5.41) is 2.94. The molecule has 1 amide bonds. The summed E-state index contributed by atoms with van der Waals surface area (Å²) in [5.41, 5.74) is 0.592. The summed E-state index contributed by atoms with van der Waals surface area (Å²) >= 11 is 0. The van der Waals surface area contributed by atoms with Gasteiger partial charge in [0.15, 0.2) is 5.75 Å². The third-order valence-electron chi connectivity index (χ3n) is 5.62. The number of nitrogens with one attached hydrogen (secondary N) is 1. The third kappa shape index (κ3) is 3.67. The number of ether oxygens (including phenoxy) is 1. The second-order valence-electron chi connectivity index (χ2n) is 7.50. The van der Waals surface area contributed by atoms with E-state index in [0.717, 1.165) is 24.4 Å². The number of allylic oxidation sites excluding steroid dienone is 4. The highest BCUT2D eigenvalue weighted by Gasteiger charge is 2.62. The molecule has 6 heteroatoms. The van der Waals surface area contributed by atoms with Crippen molar-refractivity contribution in [3.05, 3.63) is 66.4 Å². The van der Waals surface area contributed by atoms with E-state index in [9.17, 15) is 4.79 Å². The minimum atomic E-state index is -0.225. The number of rotatable bonds is 6. The van der Waals surface area contributed by atoms with E-state index in [1.807, 2.05) is 32.1 Å². The van der Waals surface area contributed by atoms with Crippen molar-refractivity contribution in [2.45, 2.75) is 26.7 Å². The van der Waals surface area contributed by atoms with Crippen LogP contribution in [0, 0.1) is 31.1 Å². The molecule has 4 rings (SSSR count). The molecular weight excluding hydrogens is 352 g/mol. The number of hydrogen-bond donors (Lipinski definition) is 1. The van der Waals surface area contributed by atoms with E-state index in [0.29, 0.717) is 18.2 Å². The van der Waals surface area contributed by atoms with Gasteiger partial charge in [0.1, 0.15) is 11.6 Å². The quantitative estimate of drug-likeness (QED) is 0.833. The van der Waals surface area contributed by atoms with Gasteiger partial charge in [-0.3, -0.25) is 4.79 Å². The van der Waals surface area contributed by atoms with Gasteiger partial charge in [0.2, 0.25) is 5.91 Å². The van der Waals surface area contributed by atoms with Crippen molar-refractivity contribution < 1.29 is 9.53 Å². The van der Waals surface area contributed by atoms with E-state index in [1.54, 1.807) is 18.5 Å². The number of anilines is 1. The van der Waals surface area contributed by atoms with Gasteiger partial charge in [0.25, 0.3) is 0 Å². The maximum absolute atomic E-state index is 12.9. The smallest absolute Gasteiger partial charge is 0.229 e. The zero-order chi connectivity index (χ0) is 19.6. The molecule has 2 aromatic heterocycles. The molecule has 2 aromatic rings. The molecule has 2 aliphatic carbocycles. The third-order valence-corrected chi connectivity index (χ3v) is 5.62. The van der Waals surface area contributed by atoms with Crippen LogP contribution in [0.1, 0.15) is 24.4 Å². The average Bonchev–Trinajstić information content (AvgIpc) is 3.45. The van der Waals surface area contributed by atoms with Crippen molar-refractivity contribution in [3.8, 4) is 5.75 Å². The van der Waals surface area contributed by atoms with Crippen LogP contribution in [0.4, 0.5) is 5.82 Å². The lowest BCUT2D eigenvalue weighted by molar-refractivity contribution is -0.118. The Labute approximate surface area is 164 Å². The molecule has 6 nitrogen and oxygen atoms in total. The van der Waals surface area contributed by atoms with E-state index in [4.69, 9.17) is 4.74 Å². The van der Waals surface area contributed by atoms with Gasteiger partial charge in [-0.15, -0.1) is 0 Å². The lowest BCUT2D eigenvalue weighted by Crippen LogP contribution is -2.29. The molecule has 0 saturated heterocycles. The minimum absolute atomic E-state index is 0.00197. The van der Waals surface area contributed by atoms with Crippen LogP contribution < -0.4 is 10.1 Å². The topological polar surface area (TPSA) is 77.0 Å². The molecule has 144 valence electrons. The Hall–Kier alpha value is -3.02. The van der Waals surface area contributed by atoms with Gasteiger partial charge in [-0.2, -0.15) is 0 Å². The lowest BCUT2D eigenvalue weighted by atomic mass is 9.82. The van der Waals surface area contributed by atoms with Crippen LogP contribution >= 0.6 is 0 Å². The van der Waals surface area contributed by atoms with Crippen LogP contribution in [0.5, 0.6) is 5.75 Å². The van der Waals surface area contributed by atoms with Gasteiger partial charge in [-0.05, 0) is 44.7 Å². The molecule has 2 heterocycles. The Morgan fingerprint density at radius 1 is 1.29 bits per heavy atom. The first-order chi connectivity index (χ1) is 13.6. The molecule has 0 radical (unpaired) electrons. The highest BCUT2D eigenvalue weighted by molar-refractivity contribution is 5.94. The van der Waals surface area contributed by atoms with Crippen LogP contribution in [0.15, 0.2) is 54.9 Å². The fourth-order valence-corrected chi connectivity index (χ4v) is 3.93. The predicted molar refractivity (Wildman–Crippen MR) is 107 cm³/mol. The largest absolute Gasteiger partial charge is 0.489 e. The molecule has 1 unspecified atom stereocenters. The summed E-state index contributed by atoms with van der Waals surface area (Å²) in [6, 6.07) is 5.49. The van der Waals surface area contributed by atoms with Crippen molar-refractivity contribution in [1.29, 1.82) is 0 Å². The minimum Gasteiger partial charge on any atom is -0.489 e. The Morgan fingerprint density at radius 2 is 2.18 bits per heavy atom. The number of carbonyl (C=O) groups excluding carboxylic acids is 1. The van der Waals surface area contributed by atoms with Gasteiger partial charge in [0, 0.05) is 17.5 Å². The van der Waals surface area contributed by atoms with Gasteiger partial charge in [-0.1, -0.05) is 30.4 Å². The lowest BCUT2D eigenvalue weighted by Gasteiger charge is -2.26. The SMILES string of the molecule is Cc1ncc(OC[C@@]2(C3C=CC=CC3)C[C@H]2C(=O)Nc2ccccn2)c(C)n1. The van der Waals surface area contributed by atoms with Gasteiger partial charge < -0.3 is 10.1 Å². The summed E-state index contributed by atoms with van der Waals surface area (Å²) in [7, 11) is 0. The first-order valence-electron chi connectivity index (χ1n) is 9.57. The number of carbonyl (C=O) groups is 1. The summed E-state index contributed by atoms with van der Waals surface area (Å²) in [6.45, 7) is 4.23. The highest BCUT2D eigenvalue weighted by atomic mass is 16.5. The second kappa shape index (κ2) is 7.54. The summed E-state index contributed by atoms with van der Waals surface area (Å²) in [5.74, 6) is 2.14. The molecular formula is C22H24N4O2. The highest BCUT2D eigenvalue weighted by Crippen LogP contribution is 2.60. The standard InChI is InChI=1S/C22H24N4O2/c1-15-19(13-24-16(2)25-15)28-14-22(17-8-4-3-5-9-17)12-18(22)21(27)26-20-10-6-7-11-23-20/h3-8,10-11,13,17-18H,9,12,14H2,1-2H3,(H,23,26,27)/t17?,18-,22+/m0/s1. The molecule has 2 aliphatic rings. The number of aryl methyl sites for hydroxylation is 2. The molecule has 28 heavy (non-hydrogen) atoms. The molecule has 3 atom stereocenters. The maximum atomic E-state index is 12.9. The maximum Gasteiger partial charge on any atom is 0.229 e. The number of pyridine rings is 1. The van der Waals surface area contributed by atoms with E-state index < -0.39 is 0 Å². The predicted octanol–water partition coefficient (Wildman–Crippen LogP) is 3.64. The fourth-order valence-electron chi connectivity index (χ4n) is 3.93. The molecule has 0 aromatic carbocycles. The Kier molecular flexibility index (Phi) is 4.94. The second-order valence-corrected chi connectivity index (χ2v) is 7.50. The molecule has 1 N–H and O–H groups in total. The first kappa shape index (κ1) is 18.3. The number of hydrogen-bond acceptors (Lipinski definition) is 5. The fraction of sp³-hybridized carbons (Fsp3) is 0.364. The Bertz CT molecular complexity index is 925. The summed E-state index contributed by atoms with van der Waals surface area (Å²) in [6.07, 6.45) is 13.5. The Balaban J connectivity index is 1.50. The summed E-state index contributed by atoms with van der Waals surface area (Å²) < 4.78 is 6.12. The number of nitrogens with zero attached hydrogens (tertiary/aromatic N) is 3. The molecule has 0 bridgehead atoms. The van der Waals surface area contributed by atoms with Crippen LogP contribution in [0.25, 0.3) is 0 Å². The molecule has 1 fully saturated rings.